The largest absolute Gasteiger partial charge is 0.270 e. The second-order valence-electron chi connectivity index (χ2n) is 3.68. The first-order valence-corrected chi connectivity index (χ1v) is 5.86. The van der Waals surface area contributed by atoms with Crippen LogP contribution in [0.15, 0.2) is 18.2 Å². The molecule has 0 N–H and O–H groups in total. The summed E-state index contributed by atoms with van der Waals surface area (Å²) in [5, 5.41) is 10.9. The summed E-state index contributed by atoms with van der Waals surface area (Å²) in [5.74, 6) is 0.0833. The predicted octanol–water partition coefficient (Wildman–Crippen LogP) is 4.37. The highest BCUT2D eigenvalue weighted by Gasteiger charge is 2.19. The summed E-state index contributed by atoms with van der Waals surface area (Å²) >= 11 is 12.1. The molecule has 0 spiro atoms. The van der Waals surface area contributed by atoms with E-state index in [9.17, 15) is 10.1 Å². The van der Waals surface area contributed by atoms with Crippen molar-refractivity contribution >= 4 is 28.9 Å². The fraction of sp³-hybridized carbons (Fsp3) is 0.455. The van der Waals surface area contributed by atoms with E-state index < -0.39 is 4.92 Å². The number of benzene rings is 1. The van der Waals surface area contributed by atoms with E-state index in [1.165, 1.54) is 12.1 Å². The van der Waals surface area contributed by atoms with Gasteiger partial charge in [-0.15, -0.1) is 11.6 Å². The highest BCUT2D eigenvalue weighted by atomic mass is 35.5. The third-order valence-electron chi connectivity index (χ3n) is 2.62. The molecule has 0 heterocycles. The molecule has 0 aliphatic heterocycles. The van der Waals surface area contributed by atoms with Gasteiger partial charge in [-0.2, -0.15) is 0 Å². The van der Waals surface area contributed by atoms with Gasteiger partial charge >= 0.3 is 0 Å². The fourth-order valence-electron chi connectivity index (χ4n) is 1.55. The van der Waals surface area contributed by atoms with Gasteiger partial charge < -0.3 is 0 Å². The van der Waals surface area contributed by atoms with Crippen molar-refractivity contribution in [3.8, 4) is 0 Å². The van der Waals surface area contributed by atoms with Gasteiger partial charge in [0, 0.05) is 17.5 Å². The zero-order valence-electron chi connectivity index (χ0n) is 9.11. The van der Waals surface area contributed by atoms with Gasteiger partial charge in [-0.25, -0.2) is 0 Å². The van der Waals surface area contributed by atoms with Gasteiger partial charge in [0.15, 0.2) is 0 Å². The highest BCUT2D eigenvalue weighted by molar-refractivity contribution is 6.31. The number of nitrogens with zero attached hydrogens (tertiary/aromatic N) is 1. The molecule has 0 saturated carbocycles. The van der Waals surface area contributed by atoms with Gasteiger partial charge in [-0.3, -0.25) is 10.1 Å². The molecule has 2 atom stereocenters. The van der Waals surface area contributed by atoms with Crippen LogP contribution in [-0.4, -0.2) is 10.3 Å². The Morgan fingerprint density at radius 1 is 1.50 bits per heavy atom. The van der Waals surface area contributed by atoms with Crippen LogP contribution in [0, 0.1) is 10.1 Å². The van der Waals surface area contributed by atoms with Crippen molar-refractivity contribution in [2.75, 3.05) is 0 Å². The summed E-state index contributed by atoms with van der Waals surface area (Å²) in [5.41, 5.74) is 0.859. The smallest absolute Gasteiger partial charge is 0.258 e. The van der Waals surface area contributed by atoms with Crippen LogP contribution in [0.1, 0.15) is 31.7 Å². The first kappa shape index (κ1) is 13.3. The van der Waals surface area contributed by atoms with Gasteiger partial charge in [0.2, 0.25) is 0 Å². The van der Waals surface area contributed by atoms with Gasteiger partial charge in [0.1, 0.15) is 0 Å². The van der Waals surface area contributed by atoms with E-state index in [2.05, 4.69) is 0 Å². The Hall–Kier alpha value is -0.800. The molecule has 16 heavy (non-hydrogen) atoms. The number of nitro groups is 1. The average Bonchev–Trinajstić information content (AvgIpc) is 2.26. The number of hydrogen-bond acceptors (Lipinski definition) is 2. The van der Waals surface area contributed by atoms with Crippen molar-refractivity contribution in [2.45, 2.75) is 31.6 Å². The van der Waals surface area contributed by atoms with Crippen LogP contribution in [0.4, 0.5) is 5.69 Å². The van der Waals surface area contributed by atoms with Gasteiger partial charge in [-0.1, -0.05) is 31.5 Å². The third-order valence-corrected chi connectivity index (χ3v) is 3.63. The van der Waals surface area contributed by atoms with E-state index in [1.807, 2.05) is 13.8 Å². The number of rotatable bonds is 4. The molecule has 3 nitrogen and oxygen atoms in total. The molecular formula is C11H13Cl2NO2. The molecule has 88 valence electrons. The lowest BCUT2D eigenvalue weighted by Crippen LogP contribution is -2.08. The van der Waals surface area contributed by atoms with Gasteiger partial charge in [0.25, 0.3) is 5.69 Å². The standard InChI is InChI=1S/C11H13Cl2NO2/c1-3-10(12)7(2)9-5-4-8(14(15)16)6-11(9)13/h4-7,10H,3H2,1-2H3. The molecule has 0 aliphatic carbocycles. The molecule has 0 saturated heterocycles. The summed E-state index contributed by atoms with van der Waals surface area (Å²) < 4.78 is 0. The molecule has 0 aliphatic rings. The van der Waals surface area contributed by atoms with Crippen molar-refractivity contribution < 1.29 is 4.92 Å². The van der Waals surface area contributed by atoms with Gasteiger partial charge in [0.05, 0.1) is 9.95 Å². The molecular weight excluding hydrogens is 249 g/mol. The first-order chi connectivity index (χ1) is 7.47. The lowest BCUT2D eigenvalue weighted by molar-refractivity contribution is -0.384. The monoisotopic (exact) mass is 261 g/mol. The van der Waals surface area contributed by atoms with E-state index >= 15 is 0 Å². The molecule has 1 rings (SSSR count). The molecule has 5 heteroatoms. The summed E-state index contributed by atoms with van der Waals surface area (Å²) in [7, 11) is 0. The fourth-order valence-corrected chi connectivity index (χ4v) is 2.03. The maximum atomic E-state index is 10.5. The summed E-state index contributed by atoms with van der Waals surface area (Å²) in [4.78, 5) is 10.1. The minimum atomic E-state index is -0.460. The summed E-state index contributed by atoms with van der Waals surface area (Å²) in [6.45, 7) is 3.96. The van der Waals surface area contributed by atoms with Crippen LogP contribution in [0.25, 0.3) is 0 Å². The van der Waals surface area contributed by atoms with Crippen molar-refractivity contribution in [3.05, 3.63) is 38.9 Å². The molecule has 0 amide bonds. The van der Waals surface area contributed by atoms with E-state index in [4.69, 9.17) is 23.2 Å². The molecule has 0 fully saturated rings. The van der Waals surface area contributed by atoms with E-state index in [0.29, 0.717) is 5.02 Å². The lowest BCUT2D eigenvalue weighted by atomic mass is 9.96. The maximum Gasteiger partial charge on any atom is 0.270 e. The first-order valence-electron chi connectivity index (χ1n) is 5.05. The van der Waals surface area contributed by atoms with E-state index in [0.717, 1.165) is 12.0 Å². The predicted molar refractivity (Wildman–Crippen MR) is 66.5 cm³/mol. The third kappa shape index (κ3) is 2.86. The van der Waals surface area contributed by atoms with Crippen LogP contribution < -0.4 is 0 Å². The summed E-state index contributed by atoms with van der Waals surface area (Å²) in [6.07, 6.45) is 0.829. The van der Waals surface area contributed by atoms with Crippen LogP contribution in [-0.2, 0) is 0 Å². The number of non-ortho nitro benzene ring substituents is 1. The number of nitro benzene ring substituents is 1. The number of halogens is 2. The number of alkyl halides is 1. The SMILES string of the molecule is CCC(Cl)C(C)c1ccc([N+](=O)[O-])cc1Cl. The molecule has 0 bridgehead atoms. The number of hydrogen-bond donors (Lipinski definition) is 0. The Bertz CT molecular complexity index is 396. The molecule has 1 aromatic carbocycles. The zero-order valence-corrected chi connectivity index (χ0v) is 10.6. The highest BCUT2D eigenvalue weighted by Crippen LogP contribution is 2.32. The van der Waals surface area contributed by atoms with Crippen LogP contribution in [0.2, 0.25) is 5.02 Å². The molecule has 1 aromatic rings. The topological polar surface area (TPSA) is 43.1 Å². The van der Waals surface area contributed by atoms with Crippen LogP contribution in [0.5, 0.6) is 0 Å². The minimum Gasteiger partial charge on any atom is -0.258 e. The van der Waals surface area contributed by atoms with Gasteiger partial charge in [-0.05, 0) is 17.9 Å². The average molecular weight is 262 g/mol. The molecule has 0 radical (unpaired) electrons. The van der Waals surface area contributed by atoms with Crippen LogP contribution >= 0.6 is 23.2 Å². The molecule has 2 unspecified atom stereocenters. The Kier molecular flexibility index (Phi) is 4.56. The zero-order chi connectivity index (χ0) is 12.3. The second-order valence-corrected chi connectivity index (χ2v) is 4.64. The van der Waals surface area contributed by atoms with Crippen molar-refractivity contribution in [1.82, 2.24) is 0 Å². The minimum absolute atomic E-state index is 0.00331. The normalized spacial score (nSPS) is 14.5. The molecule has 0 aromatic heterocycles. The maximum absolute atomic E-state index is 10.5. The van der Waals surface area contributed by atoms with Crippen molar-refractivity contribution in [3.63, 3.8) is 0 Å². The van der Waals surface area contributed by atoms with Crippen molar-refractivity contribution in [1.29, 1.82) is 0 Å². The van der Waals surface area contributed by atoms with E-state index in [1.54, 1.807) is 6.07 Å². The lowest BCUT2D eigenvalue weighted by Gasteiger charge is -2.17. The Balaban J connectivity index is 3.03. The summed E-state index contributed by atoms with van der Waals surface area (Å²) in [6, 6.07) is 4.50. The Morgan fingerprint density at radius 3 is 2.56 bits per heavy atom. The van der Waals surface area contributed by atoms with E-state index in [-0.39, 0.29) is 17.0 Å². The quantitative estimate of drug-likeness (QED) is 0.459. The Morgan fingerprint density at radius 2 is 2.12 bits per heavy atom. The second kappa shape index (κ2) is 5.51. The van der Waals surface area contributed by atoms with Crippen LogP contribution in [0.3, 0.4) is 0 Å². The Labute approximate surface area is 105 Å². The van der Waals surface area contributed by atoms with Crippen molar-refractivity contribution in [2.24, 2.45) is 0 Å².